The van der Waals surface area contributed by atoms with Gasteiger partial charge in [0.05, 0.1) is 11.8 Å². The van der Waals surface area contributed by atoms with E-state index in [-0.39, 0.29) is 23.4 Å². The van der Waals surface area contributed by atoms with E-state index in [2.05, 4.69) is 49.4 Å². The van der Waals surface area contributed by atoms with Crippen LogP contribution in [0, 0.1) is 23.7 Å². The fraction of sp³-hybridized carbons (Fsp3) is 0.312. The van der Waals surface area contributed by atoms with Gasteiger partial charge in [0.2, 0.25) is 0 Å². The Morgan fingerprint density at radius 2 is 1.20 bits per heavy atom. The zero-order chi connectivity index (χ0) is 23.8. The SMILES string of the molecule is CCC1=CC[C@H]2C(=O)[C@@H]3[C@@H](C(=O)[C@H]2C1)[C@@]1(c2ccccc2)O[C@@]3(c2ccccc2)c2ccccc21. The van der Waals surface area contributed by atoms with Crippen LogP contribution < -0.4 is 0 Å². The highest BCUT2D eigenvalue weighted by atomic mass is 16.5. The third-order valence-corrected chi connectivity index (χ3v) is 9.09. The topological polar surface area (TPSA) is 43.4 Å². The van der Waals surface area contributed by atoms with Gasteiger partial charge >= 0.3 is 0 Å². The van der Waals surface area contributed by atoms with Crippen LogP contribution in [-0.2, 0) is 25.5 Å². The summed E-state index contributed by atoms with van der Waals surface area (Å²) >= 11 is 0. The zero-order valence-electron chi connectivity index (χ0n) is 19.8. The first-order chi connectivity index (χ1) is 17.1. The second-order valence-corrected chi connectivity index (χ2v) is 10.5. The Labute approximate surface area is 205 Å². The second-order valence-electron chi connectivity index (χ2n) is 10.5. The number of allylic oxidation sites excluding steroid dienone is 2. The van der Waals surface area contributed by atoms with Crippen molar-refractivity contribution >= 4 is 11.6 Å². The lowest BCUT2D eigenvalue weighted by Gasteiger charge is -2.47. The standard InChI is InChI=1S/C32H28O3/c1-2-20-17-18-23-24(19-20)30(34)28-27(29(23)33)31(21-11-5-3-6-12-21)25-15-9-10-16-26(25)32(28,35-31)22-13-7-4-8-14-22/h3-17,23-24,27-28H,2,18-19H2,1H3/t23-,24+,27+,28+,31+,32+/m1/s1. The minimum atomic E-state index is -0.969. The number of fused-ring (bicyclic) bond motifs is 9. The highest BCUT2D eigenvalue weighted by molar-refractivity contribution is 6.03. The molecule has 0 radical (unpaired) electrons. The molecule has 6 atom stereocenters. The molecule has 3 heteroatoms. The molecule has 0 unspecified atom stereocenters. The van der Waals surface area contributed by atoms with E-state index in [1.54, 1.807) is 0 Å². The lowest BCUT2D eigenvalue weighted by molar-refractivity contribution is -0.149. The van der Waals surface area contributed by atoms with Gasteiger partial charge < -0.3 is 4.74 Å². The van der Waals surface area contributed by atoms with Crippen molar-refractivity contribution in [1.29, 1.82) is 0 Å². The van der Waals surface area contributed by atoms with Crippen LogP contribution in [-0.4, -0.2) is 11.6 Å². The molecular weight excluding hydrogens is 432 g/mol. The molecule has 3 aromatic carbocycles. The lowest BCUT2D eigenvalue weighted by Crippen LogP contribution is -2.57. The summed E-state index contributed by atoms with van der Waals surface area (Å²) in [7, 11) is 0. The summed E-state index contributed by atoms with van der Waals surface area (Å²) in [4.78, 5) is 29.0. The van der Waals surface area contributed by atoms with Gasteiger partial charge in [-0.2, -0.15) is 0 Å². The van der Waals surface area contributed by atoms with Crippen molar-refractivity contribution in [2.75, 3.05) is 0 Å². The molecule has 1 saturated heterocycles. The number of benzene rings is 3. The van der Waals surface area contributed by atoms with Crippen LogP contribution in [0.25, 0.3) is 0 Å². The van der Waals surface area contributed by atoms with Gasteiger partial charge in [0, 0.05) is 11.8 Å². The average Bonchev–Trinajstić information content (AvgIpc) is 3.42. The van der Waals surface area contributed by atoms with E-state index in [9.17, 15) is 9.59 Å². The van der Waals surface area contributed by atoms with Crippen LogP contribution in [0.5, 0.6) is 0 Å². The number of ether oxygens (including phenoxy) is 1. The van der Waals surface area contributed by atoms with E-state index in [1.807, 2.05) is 48.5 Å². The van der Waals surface area contributed by atoms with Gasteiger partial charge in [-0.3, -0.25) is 9.59 Å². The van der Waals surface area contributed by atoms with Crippen LogP contribution in [0.2, 0.25) is 0 Å². The van der Waals surface area contributed by atoms with Crippen molar-refractivity contribution in [3.05, 3.63) is 119 Å². The Bertz CT molecular complexity index is 1370. The van der Waals surface area contributed by atoms with Crippen LogP contribution >= 0.6 is 0 Å². The minimum absolute atomic E-state index is 0.196. The van der Waals surface area contributed by atoms with E-state index < -0.39 is 23.0 Å². The van der Waals surface area contributed by atoms with Crippen LogP contribution in [0.3, 0.4) is 0 Å². The molecule has 0 spiro atoms. The lowest BCUT2D eigenvalue weighted by atomic mass is 9.50. The van der Waals surface area contributed by atoms with E-state index >= 15 is 0 Å². The molecule has 7 rings (SSSR count). The van der Waals surface area contributed by atoms with Gasteiger partial charge in [-0.05, 0) is 41.5 Å². The quantitative estimate of drug-likeness (QED) is 0.453. The van der Waals surface area contributed by atoms with Crippen molar-refractivity contribution in [2.24, 2.45) is 23.7 Å². The van der Waals surface area contributed by atoms with Gasteiger partial charge in [0.1, 0.15) is 22.8 Å². The summed E-state index contributed by atoms with van der Waals surface area (Å²) in [6.45, 7) is 2.14. The Morgan fingerprint density at radius 1 is 0.714 bits per heavy atom. The summed E-state index contributed by atoms with van der Waals surface area (Å²) in [5, 5.41) is 0. The number of hydrogen-bond acceptors (Lipinski definition) is 3. The fourth-order valence-electron chi connectivity index (χ4n) is 7.64. The second kappa shape index (κ2) is 7.35. The molecule has 2 bridgehead atoms. The number of hydrogen-bond donors (Lipinski definition) is 0. The molecule has 0 amide bonds. The maximum Gasteiger partial charge on any atom is 0.144 e. The highest BCUT2D eigenvalue weighted by Gasteiger charge is 2.77. The van der Waals surface area contributed by atoms with Crippen LogP contribution in [0.1, 0.15) is 48.4 Å². The Morgan fingerprint density at radius 3 is 1.71 bits per heavy atom. The molecule has 2 aliphatic carbocycles. The van der Waals surface area contributed by atoms with Crippen molar-refractivity contribution in [3.8, 4) is 0 Å². The Balaban J connectivity index is 1.54. The summed E-state index contributed by atoms with van der Waals surface area (Å²) < 4.78 is 7.28. The van der Waals surface area contributed by atoms with E-state index in [1.165, 1.54) is 5.57 Å². The van der Waals surface area contributed by atoms with Crippen molar-refractivity contribution in [2.45, 2.75) is 37.4 Å². The number of carbonyl (C=O) groups is 2. The first-order valence-corrected chi connectivity index (χ1v) is 12.8. The molecule has 2 fully saturated rings. The predicted octanol–water partition coefficient (Wildman–Crippen LogP) is 5.96. The molecule has 2 heterocycles. The highest BCUT2D eigenvalue weighted by Crippen LogP contribution is 2.71. The van der Waals surface area contributed by atoms with Gasteiger partial charge in [0.25, 0.3) is 0 Å². The van der Waals surface area contributed by atoms with Crippen molar-refractivity contribution in [3.63, 3.8) is 0 Å². The molecule has 2 aliphatic heterocycles. The van der Waals surface area contributed by atoms with E-state index in [0.29, 0.717) is 12.8 Å². The molecule has 3 aromatic rings. The fourth-order valence-corrected chi connectivity index (χ4v) is 7.64. The van der Waals surface area contributed by atoms with E-state index in [0.717, 1.165) is 28.7 Å². The number of ketones is 2. The normalized spacial score (nSPS) is 34.7. The van der Waals surface area contributed by atoms with Gasteiger partial charge in [-0.25, -0.2) is 0 Å². The summed E-state index contributed by atoms with van der Waals surface area (Å²) in [6.07, 6.45) is 4.49. The Kier molecular flexibility index (Phi) is 4.41. The molecule has 35 heavy (non-hydrogen) atoms. The zero-order valence-corrected chi connectivity index (χ0v) is 19.8. The molecule has 3 nitrogen and oxygen atoms in total. The maximum atomic E-state index is 14.5. The van der Waals surface area contributed by atoms with Crippen molar-refractivity contribution in [1.82, 2.24) is 0 Å². The molecule has 1 saturated carbocycles. The Hall–Kier alpha value is -3.30. The summed E-state index contributed by atoms with van der Waals surface area (Å²) in [5.41, 5.74) is 3.32. The van der Waals surface area contributed by atoms with Gasteiger partial charge in [-0.15, -0.1) is 0 Å². The minimum Gasteiger partial charge on any atom is -0.348 e. The molecule has 4 aliphatic rings. The van der Waals surface area contributed by atoms with Gasteiger partial charge in [-0.1, -0.05) is 104 Å². The van der Waals surface area contributed by atoms with Crippen molar-refractivity contribution < 1.29 is 14.3 Å². The molecule has 0 N–H and O–H groups in total. The molecule has 0 aromatic heterocycles. The molecular formula is C32H28O3. The van der Waals surface area contributed by atoms with Gasteiger partial charge in [0.15, 0.2) is 0 Å². The number of rotatable bonds is 3. The van der Waals surface area contributed by atoms with Crippen LogP contribution in [0.15, 0.2) is 96.6 Å². The average molecular weight is 461 g/mol. The molecule has 174 valence electrons. The largest absolute Gasteiger partial charge is 0.348 e. The van der Waals surface area contributed by atoms with Crippen LogP contribution in [0.4, 0.5) is 0 Å². The third-order valence-electron chi connectivity index (χ3n) is 9.09. The number of Topliss-reactive ketones (excluding diaryl/α,β-unsaturated/α-hetero) is 2. The first kappa shape index (κ1) is 21.0. The number of carbonyl (C=O) groups excluding carboxylic acids is 2. The monoisotopic (exact) mass is 460 g/mol. The third kappa shape index (κ3) is 2.49. The predicted molar refractivity (Wildman–Crippen MR) is 134 cm³/mol. The van der Waals surface area contributed by atoms with E-state index in [4.69, 9.17) is 4.74 Å². The smallest absolute Gasteiger partial charge is 0.144 e. The maximum absolute atomic E-state index is 14.5. The first-order valence-electron chi connectivity index (χ1n) is 12.8. The summed E-state index contributed by atoms with van der Waals surface area (Å²) in [5.74, 6) is -1.19. The summed E-state index contributed by atoms with van der Waals surface area (Å²) in [6, 6.07) is 28.5.